The molecule has 0 heterocycles. The summed E-state index contributed by atoms with van der Waals surface area (Å²) in [5.74, 6) is 0. The van der Waals surface area contributed by atoms with E-state index in [1.165, 1.54) is 5.56 Å². The summed E-state index contributed by atoms with van der Waals surface area (Å²) in [6.45, 7) is 0.623. The van der Waals surface area contributed by atoms with Gasteiger partial charge < -0.3 is 10.2 Å². The quantitative estimate of drug-likeness (QED) is 0.913. The van der Waals surface area contributed by atoms with E-state index in [0.29, 0.717) is 6.54 Å². The summed E-state index contributed by atoms with van der Waals surface area (Å²) >= 11 is 0. The zero-order valence-electron chi connectivity index (χ0n) is 12.3. The van der Waals surface area contributed by atoms with Gasteiger partial charge in [0.1, 0.15) is 0 Å². The standard InChI is InChI=1S/C18H20N2O/c1-20(14-15-8-4-2-5-9-15)17(21)19-18(12-13-18)16-10-6-3-7-11-16/h2-11H,12-14H2,1H3,(H,19,21). The number of nitrogens with zero attached hydrogens (tertiary/aromatic N) is 1. The molecule has 3 rings (SSSR count). The highest BCUT2D eigenvalue weighted by Crippen LogP contribution is 2.45. The molecule has 0 bridgehead atoms. The largest absolute Gasteiger partial charge is 0.328 e. The predicted octanol–water partition coefficient (Wildman–Crippen LogP) is 3.52. The van der Waals surface area contributed by atoms with E-state index in [-0.39, 0.29) is 11.6 Å². The van der Waals surface area contributed by atoms with Gasteiger partial charge in [0.25, 0.3) is 0 Å². The van der Waals surface area contributed by atoms with Crippen molar-refractivity contribution in [2.75, 3.05) is 7.05 Å². The van der Waals surface area contributed by atoms with E-state index < -0.39 is 0 Å². The number of nitrogens with one attached hydrogen (secondary N) is 1. The molecule has 1 aliphatic carbocycles. The normalized spacial score (nSPS) is 15.3. The number of urea groups is 1. The molecule has 1 aliphatic rings. The fraction of sp³-hybridized carbons (Fsp3) is 0.278. The average molecular weight is 280 g/mol. The van der Waals surface area contributed by atoms with Crippen LogP contribution in [0, 0.1) is 0 Å². The second kappa shape index (κ2) is 5.60. The van der Waals surface area contributed by atoms with Crippen LogP contribution >= 0.6 is 0 Å². The number of hydrogen-bond acceptors (Lipinski definition) is 1. The summed E-state index contributed by atoms with van der Waals surface area (Å²) in [7, 11) is 1.84. The zero-order chi connectivity index (χ0) is 14.7. The minimum atomic E-state index is -0.150. The summed E-state index contributed by atoms with van der Waals surface area (Å²) in [5.41, 5.74) is 2.19. The highest BCUT2D eigenvalue weighted by atomic mass is 16.2. The average Bonchev–Trinajstić information content (AvgIpc) is 3.30. The lowest BCUT2D eigenvalue weighted by atomic mass is 10.1. The van der Waals surface area contributed by atoms with E-state index in [9.17, 15) is 4.79 Å². The van der Waals surface area contributed by atoms with Crippen LogP contribution in [0.4, 0.5) is 4.79 Å². The topological polar surface area (TPSA) is 32.3 Å². The summed E-state index contributed by atoms with van der Waals surface area (Å²) in [4.78, 5) is 14.1. The lowest BCUT2D eigenvalue weighted by Crippen LogP contribution is -2.42. The first-order valence-corrected chi connectivity index (χ1v) is 7.32. The van der Waals surface area contributed by atoms with Crippen LogP contribution in [0.3, 0.4) is 0 Å². The van der Waals surface area contributed by atoms with Crippen molar-refractivity contribution in [2.24, 2.45) is 0 Å². The monoisotopic (exact) mass is 280 g/mol. The van der Waals surface area contributed by atoms with Gasteiger partial charge in [-0.2, -0.15) is 0 Å². The molecule has 2 aromatic rings. The molecular formula is C18H20N2O. The van der Waals surface area contributed by atoms with Crippen molar-refractivity contribution >= 4 is 6.03 Å². The Labute approximate surface area is 125 Å². The molecular weight excluding hydrogens is 260 g/mol. The molecule has 108 valence electrons. The SMILES string of the molecule is CN(Cc1ccccc1)C(=O)NC1(c2ccccc2)CC1. The van der Waals surface area contributed by atoms with Crippen molar-refractivity contribution in [1.82, 2.24) is 10.2 Å². The van der Waals surface area contributed by atoms with Gasteiger partial charge in [-0.05, 0) is 24.0 Å². The first-order chi connectivity index (χ1) is 10.2. The van der Waals surface area contributed by atoms with Crippen molar-refractivity contribution in [3.05, 3.63) is 71.8 Å². The Morgan fingerprint density at radius 3 is 2.19 bits per heavy atom. The Hall–Kier alpha value is -2.29. The molecule has 0 aliphatic heterocycles. The van der Waals surface area contributed by atoms with Crippen molar-refractivity contribution < 1.29 is 4.79 Å². The minimum absolute atomic E-state index is 0.0137. The van der Waals surface area contributed by atoms with Gasteiger partial charge in [0.2, 0.25) is 0 Å². The third kappa shape index (κ3) is 3.07. The number of carbonyl (C=O) groups is 1. The maximum atomic E-state index is 12.4. The molecule has 3 heteroatoms. The maximum absolute atomic E-state index is 12.4. The van der Waals surface area contributed by atoms with Crippen molar-refractivity contribution in [3.8, 4) is 0 Å². The molecule has 21 heavy (non-hydrogen) atoms. The van der Waals surface area contributed by atoms with Crippen molar-refractivity contribution in [1.29, 1.82) is 0 Å². The maximum Gasteiger partial charge on any atom is 0.318 e. The van der Waals surface area contributed by atoms with Crippen LogP contribution in [0.1, 0.15) is 24.0 Å². The number of amides is 2. The lowest BCUT2D eigenvalue weighted by molar-refractivity contribution is 0.201. The summed E-state index contributed by atoms with van der Waals surface area (Å²) in [6.07, 6.45) is 2.03. The summed E-state index contributed by atoms with van der Waals surface area (Å²) in [5, 5.41) is 3.19. The van der Waals surface area contributed by atoms with Crippen molar-refractivity contribution in [2.45, 2.75) is 24.9 Å². The van der Waals surface area contributed by atoms with Gasteiger partial charge in [0.15, 0.2) is 0 Å². The molecule has 1 N–H and O–H groups in total. The molecule has 3 nitrogen and oxygen atoms in total. The van der Waals surface area contributed by atoms with Crippen LogP contribution in [0.15, 0.2) is 60.7 Å². The molecule has 2 amide bonds. The number of rotatable bonds is 4. The first kappa shape index (κ1) is 13.7. The van der Waals surface area contributed by atoms with E-state index in [0.717, 1.165) is 18.4 Å². The molecule has 1 fully saturated rings. The van der Waals surface area contributed by atoms with Crippen LogP contribution in [0.25, 0.3) is 0 Å². The van der Waals surface area contributed by atoms with Gasteiger partial charge in [0, 0.05) is 13.6 Å². The molecule has 1 saturated carbocycles. The van der Waals surface area contributed by atoms with Crippen LogP contribution in [-0.4, -0.2) is 18.0 Å². The third-order valence-electron chi connectivity index (χ3n) is 4.03. The molecule has 0 atom stereocenters. The fourth-order valence-electron chi connectivity index (χ4n) is 2.60. The Balaban J connectivity index is 1.64. The fourth-order valence-corrected chi connectivity index (χ4v) is 2.60. The molecule has 0 saturated heterocycles. The van der Waals surface area contributed by atoms with E-state index in [1.807, 2.05) is 55.6 Å². The van der Waals surface area contributed by atoms with Gasteiger partial charge >= 0.3 is 6.03 Å². The third-order valence-corrected chi connectivity index (χ3v) is 4.03. The summed E-state index contributed by atoms with van der Waals surface area (Å²) in [6, 6.07) is 20.3. The Morgan fingerprint density at radius 1 is 1.05 bits per heavy atom. The van der Waals surface area contributed by atoms with E-state index in [1.54, 1.807) is 4.90 Å². The smallest absolute Gasteiger partial charge is 0.318 e. The summed E-state index contributed by atoms with van der Waals surface area (Å²) < 4.78 is 0. The van der Waals surface area contributed by atoms with Crippen LogP contribution in [-0.2, 0) is 12.1 Å². The number of hydrogen-bond donors (Lipinski definition) is 1. The molecule has 0 radical (unpaired) electrons. The van der Waals surface area contributed by atoms with E-state index in [4.69, 9.17) is 0 Å². The zero-order valence-corrected chi connectivity index (χ0v) is 12.3. The number of carbonyl (C=O) groups excluding carboxylic acids is 1. The van der Waals surface area contributed by atoms with Gasteiger partial charge in [0.05, 0.1) is 5.54 Å². The van der Waals surface area contributed by atoms with Gasteiger partial charge in [-0.1, -0.05) is 60.7 Å². The first-order valence-electron chi connectivity index (χ1n) is 7.32. The highest BCUT2D eigenvalue weighted by Gasteiger charge is 2.45. The Bertz CT molecular complexity index is 606. The van der Waals surface area contributed by atoms with Crippen molar-refractivity contribution in [3.63, 3.8) is 0 Å². The minimum Gasteiger partial charge on any atom is -0.328 e. The second-order valence-electron chi connectivity index (χ2n) is 5.72. The van der Waals surface area contributed by atoms with E-state index >= 15 is 0 Å². The Kier molecular flexibility index (Phi) is 3.65. The predicted molar refractivity (Wildman–Crippen MR) is 83.8 cm³/mol. The molecule has 2 aromatic carbocycles. The van der Waals surface area contributed by atoms with Crippen LogP contribution in [0.5, 0.6) is 0 Å². The molecule has 0 spiro atoms. The van der Waals surface area contributed by atoms with Crippen LogP contribution in [0.2, 0.25) is 0 Å². The lowest BCUT2D eigenvalue weighted by Gasteiger charge is -2.23. The van der Waals surface area contributed by atoms with Gasteiger partial charge in [-0.25, -0.2) is 4.79 Å². The Morgan fingerprint density at radius 2 is 1.62 bits per heavy atom. The van der Waals surface area contributed by atoms with Gasteiger partial charge in [-0.3, -0.25) is 0 Å². The number of benzene rings is 2. The molecule has 0 unspecified atom stereocenters. The second-order valence-corrected chi connectivity index (χ2v) is 5.72. The van der Waals surface area contributed by atoms with E-state index in [2.05, 4.69) is 17.4 Å². The van der Waals surface area contributed by atoms with Crippen LogP contribution < -0.4 is 5.32 Å². The molecule has 0 aromatic heterocycles. The van der Waals surface area contributed by atoms with Gasteiger partial charge in [-0.15, -0.1) is 0 Å². The highest BCUT2D eigenvalue weighted by molar-refractivity contribution is 5.75.